The van der Waals surface area contributed by atoms with Gasteiger partial charge in [0.2, 0.25) is 0 Å². The first-order valence-corrected chi connectivity index (χ1v) is 8.91. The first kappa shape index (κ1) is 14.7. The Bertz CT molecular complexity index is 806. The van der Waals surface area contributed by atoms with E-state index < -0.39 is 0 Å². The molecule has 3 nitrogen and oxygen atoms in total. The predicted molar refractivity (Wildman–Crippen MR) is 95.8 cm³/mol. The number of thiocarbonyl (C=S) groups is 1. The van der Waals surface area contributed by atoms with Crippen molar-refractivity contribution in [3.8, 4) is 5.75 Å². The third kappa shape index (κ3) is 2.88. The zero-order chi connectivity index (χ0) is 15.0. The minimum Gasteiger partial charge on any atom is -0.489 e. The number of ether oxygens (including phenoxy) is 1. The molecule has 0 bridgehead atoms. The SMILES string of the molecule is CCC(CC(N)=S)Oc1cc2sc(C)nc2c2sccc12. The monoisotopic (exact) mass is 336 g/mol. The van der Waals surface area contributed by atoms with E-state index in [0.717, 1.165) is 28.1 Å². The summed E-state index contributed by atoms with van der Waals surface area (Å²) in [5.41, 5.74) is 6.74. The van der Waals surface area contributed by atoms with Crippen LogP contribution in [0.4, 0.5) is 0 Å². The third-order valence-electron chi connectivity index (χ3n) is 3.35. The molecule has 0 fully saturated rings. The van der Waals surface area contributed by atoms with Gasteiger partial charge in [-0.3, -0.25) is 0 Å². The fourth-order valence-corrected chi connectivity index (χ4v) is 4.38. The Morgan fingerprint density at radius 1 is 1.52 bits per heavy atom. The number of rotatable bonds is 5. The summed E-state index contributed by atoms with van der Waals surface area (Å²) in [7, 11) is 0. The van der Waals surface area contributed by atoms with Crippen LogP contribution in [0.2, 0.25) is 0 Å². The van der Waals surface area contributed by atoms with E-state index >= 15 is 0 Å². The number of thiazole rings is 1. The lowest BCUT2D eigenvalue weighted by Gasteiger charge is -2.17. The standard InChI is InChI=1S/C15H16N2OS3/c1-3-9(6-13(16)19)18-11-7-12-14(17-8(2)21-12)15-10(11)4-5-20-15/h4-5,7,9H,3,6H2,1-2H3,(H2,16,19). The topological polar surface area (TPSA) is 48.1 Å². The summed E-state index contributed by atoms with van der Waals surface area (Å²) in [4.78, 5) is 5.13. The highest BCUT2D eigenvalue weighted by atomic mass is 32.1. The molecule has 1 atom stereocenters. The maximum absolute atomic E-state index is 6.18. The second-order valence-corrected chi connectivity index (χ2v) is 7.61. The number of nitrogens with two attached hydrogens (primary N) is 1. The van der Waals surface area contributed by atoms with Crippen molar-refractivity contribution in [3.63, 3.8) is 0 Å². The average Bonchev–Trinajstić information content (AvgIpc) is 3.02. The molecule has 2 N–H and O–H groups in total. The van der Waals surface area contributed by atoms with Gasteiger partial charge in [0.05, 0.1) is 24.9 Å². The maximum atomic E-state index is 6.18. The van der Waals surface area contributed by atoms with Gasteiger partial charge in [0, 0.05) is 17.9 Å². The number of nitrogens with zero attached hydrogens (tertiary/aromatic N) is 1. The highest BCUT2D eigenvalue weighted by Gasteiger charge is 2.16. The summed E-state index contributed by atoms with van der Waals surface area (Å²) < 4.78 is 8.54. The molecule has 110 valence electrons. The van der Waals surface area contributed by atoms with Gasteiger partial charge in [-0.2, -0.15) is 0 Å². The molecule has 0 aliphatic rings. The molecule has 2 heterocycles. The number of fused-ring (bicyclic) bond motifs is 3. The van der Waals surface area contributed by atoms with E-state index in [9.17, 15) is 0 Å². The Morgan fingerprint density at radius 2 is 2.33 bits per heavy atom. The second-order valence-electron chi connectivity index (χ2n) is 4.94. The van der Waals surface area contributed by atoms with Crippen LogP contribution in [0.15, 0.2) is 17.5 Å². The van der Waals surface area contributed by atoms with Crippen LogP contribution in [0, 0.1) is 6.92 Å². The van der Waals surface area contributed by atoms with Crippen LogP contribution in [-0.2, 0) is 0 Å². The molecule has 3 rings (SSSR count). The van der Waals surface area contributed by atoms with Crippen molar-refractivity contribution in [2.75, 3.05) is 0 Å². The molecular weight excluding hydrogens is 320 g/mol. The van der Waals surface area contributed by atoms with Gasteiger partial charge >= 0.3 is 0 Å². The summed E-state index contributed by atoms with van der Waals surface area (Å²) in [5.74, 6) is 0.908. The van der Waals surface area contributed by atoms with Crippen molar-refractivity contribution in [2.24, 2.45) is 5.73 Å². The predicted octanol–water partition coefficient (Wildman–Crippen LogP) is 4.65. The van der Waals surface area contributed by atoms with Gasteiger partial charge < -0.3 is 10.5 Å². The lowest BCUT2D eigenvalue weighted by atomic mass is 10.2. The van der Waals surface area contributed by atoms with Crippen LogP contribution in [0.1, 0.15) is 24.8 Å². The molecule has 2 aromatic heterocycles. The van der Waals surface area contributed by atoms with E-state index in [1.807, 2.05) is 6.92 Å². The van der Waals surface area contributed by atoms with E-state index in [1.54, 1.807) is 22.7 Å². The molecule has 0 radical (unpaired) electrons. The molecule has 3 aromatic rings. The largest absolute Gasteiger partial charge is 0.489 e. The first-order chi connectivity index (χ1) is 10.1. The van der Waals surface area contributed by atoms with Crippen LogP contribution in [0.5, 0.6) is 5.75 Å². The Labute approximate surface area is 136 Å². The maximum Gasteiger partial charge on any atom is 0.129 e. The van der Waals surface area contributed by atoms with Gasteiger partial charge in [-0.05, 0) is 24.8 Å². The quantitative estimate of drug-likeness (QED) is 0.689. The summed E-state index contributed by atoms with van der Waals surface area (Å²) >= 11 is 8.41. The smallest absolute Gasteiger partial charge is 0.129 e. The number of thiophene rings is 1. The highest BCUT2D eigenvalue weighted by Crippen LogP contribution is 2.39. The molecule has 0 saturated carbocycles. The van der Waals surface area contributed by atoms with Gasteiger partial charge in [0.25, 0.3) is 0 Å². The Balaban J connectivity index is 2.07. The van der Waals surface area contributed by atoms with Gasteiger partial charge in [-0.25, -0.2) is 4.98 Å². The Kier molecular flexibility index (Phi) is 4.10. The second kappa shape index (κ2) is 5.87. The Morgan fingerprint density at radius 3 is 3.05 bits per heavy atom. The third-order valence-corrected chi connectivity index (χ3v) is 5.35. The first-order valence-electron chi connectivity index (χ1n) is 6.80. The van der Waals surface area contributed by atoms with Crippen LogP contribution in [0.3, 0.4) is 0 Å². The minimum atomic E-state index is 0.0251. The average molecular weight is 337 g/mol. The van der Waals surface area contributed by atoms with Crippen LogP contribution < -0.4 is 10.5 Å². The van der Waals surface area contributed by atoms with E-state index in [4.69, 9.17) is 22.7 Å². The summed E-state index contributed by atoms with van der Waals surface area (Å²) in [5, 5.41) is 4.28. The van der Waals surface area contributed by atoms with E-state index in [-0.39, 0.29) is 6.10 Å². The summed E-state index contributed by atoms with van der Waals surface area (Å²) in [6.45, 7) is 4.12. The molecular formula is C15H16N2OS3. The van der Waals surface area contributed by atoms with Gasteiger partial charge in [-0.1, -0.05) is 19.1 Å². The van der Waals surface area contributed by atoms with E-state index in [0.29, 0.717) is 11.4 Å². The van der Waals surface area contributed by atoms with Crippen molar-refractivity contribution in [3.05, 3.63) is 22.5 Å². The lowest BCUT2D eigenvalue weighted by Crippen LogP contribution is -2.23. The van der Waals surface area contributed by atoms with Crippen molar-refractivity contribution < 1.29 is 4.74 Å². The molecule has 6 heteroatoms. The van der Waals surface area contributed by atoms with Gasteiger partial charge in [0.1, 0.15) is 11.9 Å². The fourth-order valence-electron chi connectivity index (χ4n) is 2.36. The zero-order valence-electron chi connectivity index (χ0n) is 11.9. The molecule has 0 aliphatic heterocycles. The van der Waals surface area contributed by atoms with Crippen LogP contribution in [0.25, 0.3) is 20.3 Å². The van der Waals surface area contributed by atoms with Crippen molar-refractivity contribution in [2.45, 2.75) is 32.8 Å². The van der Waals surface area contributed by atoms with Gasteiger partial charge in [0.15, 0.2) is 0 Å². The number of aryl methyl sites for hydroxylation is 1. The molecule has 21 heavy (non-hydrogen) atoms. The van der Waals surface area contributed by atoms with Crippen LogP contribution >= 0.6 is 34.9 Å². The number of benzene rings is 1. The normalized spacial score (nSPS) is 12.9. The fraction of sp³-hybridized carbons (Fsp3) is 0.333. The number of hydrogen-bond donors (Lipinski definition) is 1. The zero-order valence-corrected chi connectivity index (χ0v) is 14.3. The summed E-state index contributed by atoms with van der Waals surface area (Å²) in [6.07, 6.45) is 1.51. The van der Waals surface area contributed by atoms with Gasteiger partial charge in [-0.15, -0.1) is 22.7 Å². The van der Waals surface area contributed by atoms with Crippen molar-refractivity contribution >= 4 is 60.2 Å². The molecule has 0 saturated heterocycles. The van der Waals surface area contributed by atoms with Crippen LogP contribution in [-0.4, -0.2) is 16.1 Å². The van der Waals surface area contributed by atoms with E-state index in [2.05, 4.69) is 29.4 Å². The molecule has 1 aromatic carbocycles. The number of aromatic nitrogens is 1. The van der Waals surface area contributed by atoms with Crippen molar-refractivity contribution in [1.82, 2.24) is 4.98 Å². The number of hydrogen-bond acceptors (Lipinski definition) is 5. The minimum absolute atomic E-state index is 0.0251. The highest BCUT2D eigenvalue weighted by molar-refractivity contribution is 7.80. The summed E-state index contributed by atoms with van der Waals surface area (Å²) in [6, 6.07) is 4.19. The Hall–Kier alpha value is -1.24. The lowest BCUT2D eigenvalue weighted by molar-refractivity contribution is 0.208. The molecule has 0 amide bonds. The van der Waals surface area contributed by atoms with E-state index in [1.165, 1.54) is 9.40 Å². The van der Waals surface area contributed by atoms with Crippen molar-refractivity contribution in [1.29, 1.82) is 0 Å². The molecule has 0 aliphatic carbocycles. The molecule has 0 spiro atoms. The molecule has 1 unspecified atom stereocenters.